The molecule has 0 aliphatic heterocycles. The highest BCUT2D eigenvalue weighted by molar-refractivity contribution is 5.99. The summed E-state index contributed by atoms with van der Waals surface area (Å²) >= 11 is 0. The number of benzene rings is 2. The Morgan fingerprint density at radius 1 is 0.791 bits per heavy atom. The summed E-state index contributed by atoms with van der Waals surface area (Å²) in [6, 6.07) is 8.32. The van der Waals surface area contributed by atoms with Gasteiger partial charge in [-0.05, 0) is 49.2 Å². The third-order valence-corrected chi connectivity index (χ3v) is 6.17. The molecular formula is C31H32F2N2O8. The first-order chi connectivity index (χ1) is 20.4. The summed E-state index contributed by atoms with van der Waals surface area (Å²) in [6.45, 7) is 6.05. The van der Waals surface area contributed by atoms with Gasteiger partial charge in [0, 0.05) is 17.8 Å². The number of ether oxygens (including phenoxy) is 5. The Morgan fingerprint density at radius 3 is 1.79 bits per heavy atom. The van der Waals surface area contributed by atoms with E-state index in [1.165, 1.54) is 71.7 Å². The lowest BCUT2D eigenvalue weighted by Gasteiger charge is -2.18. The van der Waals surface area contributed by atoms with Crippen LogP contribution in [0.4, 0.5) is 8.78 Å². The number of nitrogens with one attached hydrogen (secondary N) is 1. The van der Waals surface area contributed by atoms with E-state index in [0.717, 1.165) is 12.1 Å². The van der Waals surface area contributed by atoms with Crippen LogP contribution in [0.3, 0.4) is 0 Å². The molecule has 12 heteroatoms. The van der Waals surface area contributed by atoms with E-state index in [2.05, 4.69) is 10.3 Å². The fourth-order valence-corrected chi connectivity index (χ4v) is 3.90. The van der Waals surface area contributed by atoms with Gasteiger partial charge in [0.25, 0.3) is 5.91 Å². The molecule has 228 valence electrons. The Labute approximate surface area is 247 Å². The number of hydrogen-bond acceptors (Lipinski definition) is 9. The molecule has 1 amide bonds. The normalized spacial score (nSPS) is 11.3. The zero-order chi connectivity index (χ0) is 31.8. The summed E-state index contributed by atoms with van der Waals surface area (Å²) in [4.78, 5) is 42.5. The lowest BCUT2D eigenvalue weighted by Crippen LogP contribution is -2.40. The molecule has 0 saturated carbocycles. The lowest BCUT2D eigenvalue weighted by molar-refractivity contribution is -0.141. The number of allylic oxidation sites excluding steroid dienone is 1. The van der Waals surface area contributed by atoms with Crippen LogP contribution >= 0.6 is 0 Å². The molecule has 0 bridgehead atoms. The number of halogens is 2. The quantitative estimate of drug-likeness (QED) is 0.238. The zero-order valence-corrected chi connectivity index (χ0v) is 24.7. The van der Waals surface area contributed by atoms with Gasteiger partial charge in [-0.1, -0.05) is 26.0 Å². The maximum Gasteiger partial charge on any atom is 0.333 e. The highest BCUT2D eigenvalue weighted by atomic mass is 19.1. The minimum absolute atomic E-state index is 0.00806. The fraction of sp³-hybridized carbons (Fsp3) is 0.290. The molecule has 10 nitrogen and oxygen atoms in total. The van der Waals surface area contributed by atoms with Crippen molar-refractivity contribution in [2.24, 2.45) is 5.92 Å². The molecule has 43 heavy (non-hydrogen) atoms. The summed E-state index contributed by atoms with van der Waals surface area (Å²) in [5.74, 6) is -4.39. The van der Waals surface area contributed by atoms with Crippen LogP contribution in [0.15, 0.2) is 54.4 Å². The van der Waals surface area contributed by atoms with Gasteiger partial charge < -0.3 is 29.0 Å². The molecule has 3 rings (SSSR count). The van der Waals surface area contributed by atoms with Crippen molar-refractivity contribution in [3.05, 3.63) is 82.9 Å². The highest BCUT2D eigenvalue weighted by Crippen LogP contribution is 2.33. The van der Waals surface area contributed by atoms with Crippen molar-refractivity contribution in [1.29, 1.82) is 0 Å². The molecular weight excluding hydrogens is 566 g/mol. The van der Waals surface area contributed by atoms with E-state index in [9.17, 15) is 23.2 Å². The topological polar surface area (TPSA) is 122 Å². The number of methoxy groups -OCH3 is 3. The van der Waals surface area contributed by atoms with Gasteiger partial charge in [-0.15, -0.1) is 0 Å². The predicted molar refractivity (Wildman–Crippen MR) is 152 cm³/mol. The van der Waals surface area contributed by atoms with Gasteiger partial charge in [-0.2, -0.15) is 0 Å². The van der Waals surface area contributed by atoms with Crippen molar-refractivity contribution in [1.82, 2.24) is 10.3 Å². The number of pyridine rings is 1. The highest BCUT2D eigenvalue weighted by Gasteiger charge is 2.27. The van der Waals surface area contributed by atoms with Crippen LogP contribution in [0.2, 0.25) is 0 Å². The largest absolute Gasteiger partial charge is 0.494 e. The van der Waals surface area contributed by atoms with Crippen LogP contribution in [-0.4, -0.2) is 50.2 Å². The summed E-state index contributed by atoms with van der Waals surface area (Å²) in [7, 11) is 3.96. The number of nitrogens with zero attached hydrogens (tertiary/aromatic N) is 1. The second-order valence-corrected chi connectivity index (χ2v) is 9.51. The van der Waals surface area contributed by atoms with Crippen LogP contribution in [0.5, 0.6) is 23.0 Å². The molecule has 1 atom stereocenters. The number of hydrogen-bond donors (Lipinski definition) is 1. The summed E-state index contributed by atoms with van der Waals surface area (Å²) in [5.41, 5.74) is 0.444. The zero-order valence-electron chi connectivity index (χ0n) is 24.7. The second-order valence-electron chi connectivity index (χ2n) is 9.51. The molecule has 0 spiro atoms. The smallest absolute Gasteiger partial charge is 0.333 e. The maximum absolute atomic E-state index is 14.7. The fourth-order valence-electron chi connectivity index (χ4n) is 3.90. The van der Waals surface area contributed by atoms with Gasteiger partial charge in [0.1, 0.15) is 11.8 Å². The van der Waals surface area contributed by atoms with E-state index in [4.69, 9.17) is 23.7 Å². The second kappa shape index (κ2) is 14.3. The van der Waals surface area contributed by atoms with Crippen LogP contribution in [0.25, 0.3) is 5.57 Å². The van der Waals surface area contributed by atoms with E-state index in [-0.39, 0.29) is 51.2 Å². The summed E-state index contributed by atoms with van der Waals surface area (Å²) < 4.78 is 55.4. The van der Waals surface area contributed by atoms with Crippen molar-refractivity contribution in [2.45, 2.75) is 33.7 Å². The number of amides is 1. The first kappa shape index (κ1) is 32.5. The third kappa shape index (κ3) is 7.64. The Morgan fingerprint density at radius 2 is 1.33 bits per heavy atom. The van der Waals surface area contributed by atoms with Crippen LogP contribution in [-0.2, 0) is 14.3 Å². The number of aromatic nitrogens is 1. The van der Waals surface area contributed by atoms with Gasteiger partial charge in [0.15, 0.2) is 34.6 Å². The first-order valence-electron chi connectivity index (χ1n) is 13.1. The standard InChI is InChI=1S/C31H32F2N2O8/c1-16(2)30(37)43-28-25(41-7)12-13-34-27(28)29(36)35-17(3)31(38)42-18(4)26(19-8-10-23(39-5)21(32)14-19)20-9-11-24(40-6)22(33)15-20/h8-17H,1-7H3,(H,35,36)/t17-/m0/s1. The number of carbonyl (C=O) groups is 3. The predicted octanol–water partition coefficient (Wildman–Crippen LogP) is 5.09. The Kier molecular flexibility index (Phi) is 10.8. The molecule has 0 radical (unpaired) electrons. The Balaban J connectivity index is 1.94. The summed E-state index contributed by atoms with van der Waals surface area (Å²) in [5, 5.41) is 2.46. The maximum atomic E-state index is 14.7. The van der Waals surface area contributed by atoms with Crippen molar-refractivity contribution in [3.63, 3.8) is 0 Å². The number of esters is 2. The van der Waals surface area contributed by atoms with E-state index in [1.54, 1.807) is 13.8 Å². The van der Waals surface area contributed by atoms with E-state index >= 15 is 0 Å². The molecule has 0 aliphatic rings. The van der Waals surface area contributed by atoms with Gasteiger partial charge in [0.05, 0.1) is 27.2 Å². The Hall–Kier alpha value is -5.00. The molecule has 0 saturated heterocycles. The lowest BCUT2D eigenvalue weighted by atomic mass is 9.96. The molecule has 1 heterocycles. The minimum atomic E-state index is -1.23. The van der Waals surface area contributed by atoms with E-state index in [0.29, 0.717) is 0 Å². The monoisotopic (exact) mass is 598 g/mol. The van der Waals surface area contributed by atoms with Crippen molar-refractivity contribution in [3.8, 4) is 23.0 Å². The van der Waals surface area contributed by atoms with Gasteiger partial charge in [0.2, 0.25) is 5.75 Å². The number of carbonyl (C=O) groups excluding carboxylic acids is 3. The van der Waals surface area contributed by atoms with Gasteiger partial charge >= 0.3 is 11.9 Å². The SMILES string of the molecule is COc1ccc(C(=C(C)OC(=O)[C@H](C)NC(=O)c2nccc(OC)c2OC(=O)C(C)C)c2ccc(OC)c(F)c2)cc1F. The van der Waals surface area contributed by atoms with Crippen molar-refractivity contribution >= 4 is 23.4 Å². The van der Waals surface area contributed by atoms with E-state index in [1.807, 2.05) is 0 Å². The van der Waals surface area contributed by atoms with Crippen molar-refractivity contribution in [2.75, 3.05) is 21.3 Å². The molecule has 3 aromatic rings. The summed E-state index contributed by atoms with van der Waals surface area (Å²) in [6.07, 6.45) is 1.28. The average molecular weight is 599 g/mol. The molecule has 0 fully saturated rings. The van der Waals surface area contributed by atoms with E-state index < -0.39 is 41.4 Å². The van der Waals surface area contributed by atoms with Crippen LogP contribution in [0, 0.1) is 17.6 Å². The van der Waals surface area contributed by atoms with Gasteiger partial charge in [-0.25, -0.2) is 18.6 Å². The molecule has 1 N–H and O–H groups in total. The first-order valence-corrected chi connectivity index (χ1v) is 13.1. The molecule has 1 aromatic heterocycles. The average Bonchev–Trinajstić information content (AvgIpc) is 2.97. The van der Waals surface area contributed by atoms with Gasteiger partial charge in [-0.3, -0.25) is 9.59 Å². The Bertz CT molecular complexity index is 1500. The molecule has 0 unspecified atom stereocenters. The van der Waals surface area contributed by atoms with Crippen LogP contribution in [0.1, 0.15) is 49.3 Å². The molecule has 2 aromatic carbocycles. The molecule has 0 aliphatic carbocycles. The van der Waals surface area contributed by atoms with Crippen LogP contribution < -0.4 is 24.3 Å². The minimum Gasteiger partial charge on any atom is -0.494 e. The number of rotatable bonds is 11. The third-order valence-electron chi connectivity index (χ3n) is 6.17. The van der Waals surface area contributed by atoms with Crippen molar-refractivity contribution < 1.29 is 46.8 Å².